The number of nitrogens with zero attached hydrogens (tertiary/aromatic N) is 1. The first-order chi connectivity index (χ1) is 10.1. The van der Waals surface area contributed by atoms with Crippen molar-refractivity contribution >= 4 is 11.9 Å². The molecule has 3 atom stereocenters. The Balaban J connectivity index is 1.89. The van der Waals surface area contributed by atoms with E-state index in [1.807, 2.05) is 31.2 Å². The van der Waals surface area contributed by atoms with Crippen LogP contribution in [0.4, 0.5) is 0 Å². The molecule has 3 rings (SSSR count). The van der Waals surface area contributed by atoms with Crippen LogP contribution in [-0.4, -0.2) is 41.0 Å². The van der Waals surface area contributed by atoms with E-state index < -0.39 is 12.0 Å². The molecular weight excluding hydrogens is 268 g/mol. The lowest BCUT2D eigenvalue weighted by Crippen LogP contribution is -2.51. The highest BCUT2D eigenvalue weighted by atomic mass is 16.4. The van der Waals surface area contributed by atoms with E-state index in [-0.39, 0.29) is 17.7 Å². The average Bonchev–Trinajstić information content (AvgIpc) is 2.91. The van der Waals surface area contributed by atoms with Gasteiger partial charge in [-0.05, 0) is 23.6 Å². The Bertz CT molecular complexity index is 572. The molecule has 0 unspecified atom stereocenters. The van der Waals surface area contributed by atoms with Crippen molar-refractivity contribution in [2.75, 3.05) is 13.1 Å². The number of benzene rings is 1. The summed E-state index contributed by atoms with van der Waals surface area (Å²) in [6.45, 7) is 3.90. The van der Waals surface area contributed by atoms with Gasteiger partial charge in [0.15, 0.2) is 0 Å². The molecule has 0 bridgehead atoms. The normalized spacial score (nSPS) is 28.2. The van der Waals surface area contributed by atoms with Gasteiger partial charge in [-0.25, -0.2) is 4.79 Å². The van der Waals surface area contributed by atoms with E-state index in [0.29, 0.717) is 19.5 Å². The molecule has 0 radical (unpaired) electrons. The standard InChI is InChI=1S/C16H20N2O3/c1-10-7-17-8-13(10)15(19)18-9-12-5-3-2-4-11(12)6-14(18)16(20)21/h2-5,10,13-14,17H,6-9H2,1H3,(H,20,21)/t10-,13-,14+/m1/s1. The molecule has 2 heterocycles. The fraction of sp³-hybridized carbons (Fsp3) is 0.500. The molecule has 1 aromatic carbocycles. The Morgan fingerprint density at radius 1 is 1.24 bits per heavy atom. The number of hydrogen-bond acceptors (Lipinski definition) is 3. The molecule has 0 saturated carbocycles. The van der Waals surface area contributed by atoms with Gasteiger partial charge in [-0.15, -0.1) is 0 Å². The van der Waals surface area contributed by atoms with Crippen LogP contribution in [0.2, 0.25) is 0 Å². The number of rotatable bonds is 2. The number of aliphatic carboxylic acids is 1. The van der Waals surface area contributed by atoms with Crippen LogP contribution < -0.4 is 5.32 Å². The maximum absolute atomic E-state index is 12.8. The van der Waals surface area contributed by atoms with Crippen LogP contribution >= 0.6 is 0 Å². The summed E-state index contributed by atoms with van der Waals surface area (Å²) in [5.41, 5.74) is 2.09. The molecule has 1 aromatic rings. The number of amides is 1. The van der Waals surface area contributed by atoms with Crippen molar-refractivity contribution in [3.05, 3.63) is 35.4 Å². The van der Waals surface area contributed by atoms with Crippen molar-refractivity contribution in [1.82, 2.24) is 10.2 Å². The zero-order valence-corrected chi connectivity index (χ0v) is 12.1. The molecule has 1 amide bonds. The van der Waals surface area contributed by atoms with E-state index in [1.54, 1.807) is 4.90 Å². The van der Waals surface area contributed by atoms with Gasteiger partial charge >= 0.3 is 5.97 Å². The molecule has 5 nitrogen and oxygen atoms in total. The molecular formula is C16H20N2O3. The minimum Gasteiger partial charge on any atom is -0.480 e. The molecule has 0 aliphatic carbocycles. The van der Waals surface area contributed by atoms with Gasteiger partial charge in [0.25, 0.3) is 0 Å². The largest absolute Gasteiger partial charge is 0.480 e. The minimum atomic E-state index is -0.920. The smallest absolute Gasteiger partial charge is 0.326 e. The Morgan fingerprint density at radius 3 is 2.57 bits per heavy atom. The number of carboxylic acid groups (broad SMARTS) is 1. The fourth-order valence-electron chi connectivity index (χ4n) is 3.33. The number of carbonyl (C=O) groups excluding carboxylic acids is 1. The zero-order valence-electron chi connectivity index (χ0n) is 12.1. The topological polar surface area (TPSA) is 69.6 Å². The third-order valence-electron chi connectivity index (χ3n) is 4.65. The van der Waals surface area contributed by atoms with Gasteiger partial charge in [0.1, 0.15) is 6.04 Å². The summed E-state index contributed by atoms with van der Waals surface area (Å²) in [5.74, 6) is -0.813. The van der Waals surface area contributed by atoms with Crippen LogP contribution in [0.1, 0.15) is 18.1 Å². The van der Waals surface area contributed by atoms with Crippen LogP contribution in [-0.2, 0) is 22.6 Å². The maximum atomic E-state index is 12.8. The van der Waals surface area contributed by atoms with Crippen molar-refractivity contribution in [2.45, 2.75) is 25.9 Å². The highest BCUT2D eigenvalue weighted by Gasteiger charge is 2.40. The zero-order chi connectivity index (χ0) is 15.0. The van der Waals surface area contributed by atoms with E-state index in [4.69, 9.17) is 0 Å². The van der Waals surface area contributed by atoms with E-state index in [0.717, 1.165) is 17.7 Å². The maximum Gasteiger partial charge on any atom is 0.326 e. The van der Waals surface area contributed by atoms with Gasteiger partial charge in [-0.2, -0.15) is 0 Å². The lowest BCUT2D eigenvalue weighted by atomic mass is 9.90. The van der Waals surface area contributed by atoms with E-state index in [2.05, 4.69) is 5.32 Å². The molecule has 2 aliphatic heterocycles. The van der Waals surface area contributed by atoms with Crippen LogP contribution in [0.25, 0.3) is 0 Å². The first kappa shape index (κ1) is 14.1. The number of carbonyl (C=O) groups is 2. The van der Waals surface area contributed by atoms with Gasteiger partial charge in [-0.3, -0.25) is 4.79 Å². The molecule has 2 N–H and O–H groups in total. The van der Waals surface area contributed by atoms with E-state index in [9.17, 15) is 14.7 Å². The summed E-state index contributed by atoms with van der Waals surface area (Å²) in [4.78, 5) is 25.9. The molecule has 2 aliphatic rings. The summed E-state index contributed by atoms with van der Waals surface area (Å²) in [6.07, 6.45) is 0.395. The van der Waals surface area contributed by atoms with Crippen LogP contribution in [0.15, 0.2) is 24.3 Å². The second kappa shape index (κ2) is 5.48. The van der Waals surface area contributed by atoms with Crippen molar-refractivity contribution < 1.29 is 14.7 Å². The van der Waals surface area contributed by atoms with E-state index in [1.165, 1.54) is 0 Å². The Hall–Kier alpha value is -1.88. The van der Waals surface area contributed by atoms with Crippen molar-refractivity contribution in [2.24, 2.45) is 11.8 Å². The van der Waals surface area contributed by atoms with E-state index >= 15 is 0 Å². The third-order valence-corrected chi connectivity index (χ3v) is 4.65. The number of fused-ring (bicyclic) bond motifs is 1. The molecule has 5 heteroatoms. The SMILES string of the molecule is C[C@@H]1CNC[C@H]1C(=O)N1Cc2ccccc2C[C@H]1C(=O)O. The molecule has 0 aromatic heterocycles. The van der Waals surface area contributed by atoms with Crippen molar-refractivity contribution in [3.8, 4) is 0 Å². The second-order valence-corrected chi connectivity index (χ2v) is 6.04. The van der Waals surface area contributed by atoms with Gasteiger partial charge in [0.2, 0.25) is 5.91 Å². The molecule has 0 spiro atoms. The van der Waals surface area contributed by atoms with Gasteiger partial charge in [0, 0.05) is 19.5 Å². The van der Waals surface area contributed by atoms with Crippen molar-refractivity contribution in [3.63, 3.8) is 0 Å². The highest BCUT2D eigenvalue weighted by molar-refractivity contribution is 5.86. The summed E-state index contributed by atoms with van der Waals surface area (Å²) in [6, 6.07) is 7.03. The third kappa shape index (κ3) is 2.53. The summed E-state index contributed by atoms with van der Waals surface area (Å²) >= 11 is 0. The fourth-order valence-corrected chi connectivity index (χ4v) is 3.33. The van der Waals surface area contributed by atoms with Crippen LogP contribution in [0, 0.1) is 11.8 Å². The summed E-state index contributed by atoms with van der Waals surface area (Å²) in [5, 5.41) is 12.7. The lowest BCUT2D eigenvalue weighted by molar-refractivity contribution is -0.153. The van der Waals surface area contributed by atoms with Gasteiger partial charge < -0.3 is 15.3 Å². The Labute approximate surface area is 123 Å². The predicted molar refractivity (Wildman–Crippen MR) is 77.6 cm³/mol. The number of hydrogen-bond donors (Lipinski definition) is 2. The second-order valence-electron chi connectivity index (χ2n) is 6.04. The molecule has 112 valence electrons. The van der Waals surface area contributed by atoms with Crippen LogP contribution in [0.5, 0.6) is 0 Å². The van der Waals surface area contributed by atoms with Gasteiger partial charge in [0.05, 0.1) is 5.92 Å². The predicted octanol–water partition coefficient (Wildman–Crippen LogP) is 0.880. The molecule has 1 fully saturated rings. The molecule has 1 saturated heterocycles. The summed E-state index contributed by atoms with van der Waals surface area (Å²) < 4.78 is 0. The minimum absolute atomic E-state index is 0.0330. The van der Waals surface area contributed by atoms with Crippen molar-refractivity contribution in [1.29, 1.82) is 0 Å². The highest BCUT2D eigenvalue weighted by Crippen LogP contribution is 2.27. The Morgan fingerprint density at radius 2 is 1.95 bits per heavy atom. The monoisotopic (exact) mass is 288 g/mol. The first-order valence-electron chi connectivity index (χ1n) is 7.38. The lowest BCUT2D eigenvalue weighted by Gasteiger charge is -2.36. The summed E-state index contributed by atoms with van der Waals surface area (Å²) in [7, 11) is 0. The quantitative estimate of drug-likeness (QED) is 0.847. The number of nitrogens with one attached hydrogen (secondary N) is 1. The number of carboxylic acids is 1. The molecule has 21 heavy (non-hydrogen) atoms. The van der Waals surface area contributed by atoms with Crippen LogP contribution in [0.3, 0.4) is 0 Å². The van der Waals surface area contributed by atoms with Gasteiger partial charge in [-0.1, -0.05) is 31.2 Å². The first-order valence-corrected chi connectivity index (χ1v) is 7.38. The Kier molecular flexibility index (Phi) is 3.68. The average molecular weight is 288 g/mol.